The Labute approximate surface area is 125 Å². The third kappa shape index (κ3) is 3.81. The molecule has 0 aromatic carbocycles. The second kappa shape index (κ2) is 7.02. The number of nitrogens with zero attached hydrogens (tertiary/aromatic N) is 4. The summed E-state index contributed by atoms with van der Waals surface area (Å²) in [4.78, 5) is 16.8. The lowest BCUT2D eigenvalue weighted by Crippen LogP contribution is -2.37. The van der Waals surface area contributed by atoms with Crippen LogP contribution in [0.1, 0.15) is 49.0 Å². The lowest BCUT2D eigenvalue weighted by Gasteiger charge is -2.28. The van der Waals surface area contributed by atoms with Crippen LogP contribution < -0.4 is 0 Å². The van der Waals surface area contributed by atoms with Crippen molar-refractivity contribution in [3.63, 3.8) is 0 Å². The standard InChI is InChI=1S/C15H25N5O/c21-15(14-11-16-18-17-14)20-8-4-7-19(9-10-20)12-13-5-2-1-3-6-13/h11,13H,1-10,12H2,(H,16,17,18). The maximum atomic E-state index is 12.3. The Morgan fingerprint density at radius 3 is 2.76 bits per heavy atom. The lowest BCUT2D eigenvalue weighted by atomic mass is 9.89. The molecular weight excluding hydrogens is 266 g/mol. The topological polar surface area (TPSA) is 65.1 Å². The van der Waals surface area contributed by atoms with Crippen LogP contribution in [-0.2, 0) is 0 Å². The Morgan fingerprint density at radius 1 is 1.14 bits per heavy atom. The summed E-state index contributed by atoms with van der Waals surface area (Å²) in [5.74, 6) is 0.875. The first kappa shape index (κ1) is 14.5. The minimum Gasteiger partial charge on any atom is -0.336 e. The molecule has 3 rings (SSSR count). The fourth-order valence-corrected chi connectivity index (χ4v) is 3.56. The molecular formula is C15H25N5O. The highest BCUT2D eigenvalue weighted by atomic mass is 16.2. The fraction of sp³-hybridized carbons (Fsp3) is 0.800. The molecule has 21 heavy (non-hydrogen) atoms. The van der Waals surface area contributed by atoms with Gasteiger partial charge in [0, 0.05) is 26.2 Å². The number of aromatic amines is 1. The Balaban J connectivity index is 1.50. The summed E-state index contributed by atoms with van der Waals surface area (Å²) in [6, 6.07) is 0. The van der Waals surface area contributed by atoms with Gasteiger partial charge in [-0.1, -0.05) is 19.3 Å². The van der Waals surface area contributed by atoms with Gasteiger partial charge in [-0.25, -0.2) is 0 Å². The van der Waals surface area contributed by atoms with Gasteiger partial charge in [0.2, 0.25) is 0 Å². The van der Waals surface area contributed by atoms with Crippen LogP contribution >= 0.6 is 0 Å². The van der Waals surface area contributed by atoms with Crippen molar-refractivity contribution in [3.05, 3.63) is 11.9 Å². The van der Waals surface area contributed by atoms with E-state index in [1.165, 1.54) is 44.8 Å². The number of H-pyrrole nitrogens is 1. The van der Waals surface area contributed by atoms with E-state index in [4.69, 9.17) is 0 Å². The number of hydrogen-bond donors (Lipinski definition) is 1. The molecule has 6 nitrogen and oxygen atoms in total. The largest absolute Gasteiger partial charge is 0.336 e. The predicted octanol–water partition coefficient (Wildman–Crippen LogP) is 1.53. The van der Waals surface area contributed by atoms with Gasteiger partial charge in [-0.2, -0.15) is 15.4 Å². The Bertz CT molecular complexity index is 441. The second-order valence-corrected chi connectivity index (χ2v) is 6.31. The molecule has 1 amide bonds. The van der Waals surface area contributed by atoms with E-state index in [1.54, 1.807) is 0 Å². The zero-order valence-corrected chi connectivity index (χ0v) is 12.6. The Morgan fingerprint density at radius 2 is 2.00 bits per heavy atom. The zero-order valence-electron chi connectivity index (χ0n) is 12.6. The van der Waals surface area contributed by atoms with E-state index >= 15 is 0 Å². The van der Waals surface area contributed by atoms with E-state index in [2.05, 4.69) is 20.3 Å². The van der Waals surface area contributed by atoms with E-state index in [1.807, 2.05) is 4.90 Å². The SMILES string of the molecule is O=C(c1cn[nH]n1)N1CCCN(CC2CCCCC2)CC1. The molecule has 1 aromatic heterocycles. The first-order chi connectivity index (χ1) is 10.3. The molecule has 1 N–H and O–H groups in total. The number of amides is 1. The summed E-state index contributed by atoms with van der Waals surface area (Å²) < 4.78 is 0. The number of hydrogen-bond acceptors (Lipinski definition) is 4. The predicted molar refractivity (Wildman–Crippen MR) is 79.9 cm³/mol. The summed E-state index contributed by atoms with van der Waals surface area (Å²) in [6.07, 6.45) is 9.54. The minimum atomic E-state index is 0.00302. The highest BCUT2D eigenvalue weighted by Crippen LogP contribution is 2.24. The van der Waals surface area contributed by atoms with Gasteiger partial charge in [-0.15, -0.1) is 0 Å². The first-order valence-corrected chi connectivity index (χ1v) is 8.20. The van der Waals surface area contributed by atoms with Crippen molar-refractivity contribution < 1.29 is 4.79 Å². The molecule has 116 valence electrons. The maximum Gasteiger partial charge on any atom is 0.276 e. The van der Waals surface area contributed by atoms with Crippen LogP contribution in [0.4, 0.5) is 0 Å². The van der Waals surface area contributed by atoms with Gasteiger partial charge in [-0.3, -0.25) is 4.79 Å². The van der Waals surface area contributed by atoms with E-state index in [0.29, 0.717) is 5.69 Å². The number of carbonyl (C=O) groups is 1. The Kier molecular flexibility index (Phi) is 4.85. The van der Waals surface area contributed by atoms with Crippen LogP contribution in [0, 0.1) is 5.92 Å². The highest BCUT2D eigenvalue weighted by molar-refractivity contribution is 5.91. The monoisotopic (exact) mass is 291 g/mol. The Hall–Kier alpha value is -1.43. The summed E-state index contributed by atoms with van der Waals surface area (Å²) in [5, 5.41) is 10.1. The lowest BCUT2D eigenvalue weighted by molar-refractivity contribution is 0.0754. The van der Waals surface area contributed by atoms with Crippen molar-refractivity contribution in [1.82, 2.24) is 25.2 Å². The zero-order chi connectivity index (χ0) is 14.5. The maximum absolute atomic E-state index is 12.3. The first-order valence-electron chi connectivity index (χ1n) is 8.20. The van der Waals surface area contributed by atoms with Crippen molar-refractivity contribution in [2.45, 2.75) is 38.5 Å². The van der Waals surface area contributed by atoms with Crippen LogP contribution in [0.5, 0.6) is 0 Å². The molecule has 0 unspecified atom stereocenters. The molecule has 0 spiro atoms. The van der Waals surface area contributed by atoms with E-state index in [0.717, 1.165) is 38.5 Å². The number of carbonyl (C=O) groups excluding carboxylic acids is 1. The third-order valence-electron chi connectivity index (χ3n) is 4.75. The van der Waals surface area contributed by atoms with Crippen LogP contribution in [0.25, 0.3) is 0 Å². The molecule has 0 atom stereocenters. The molecule has 1 aliphatic heterocycles. The number of rotatable bonds is 3. The van der Waals surface area contributed by atoms with Crippen LogP contribution in [0.15, 0.2) is 6.20 Å². The quantitative estimate of drug-likeness (QED) is 0.917. The van der Waals surface area contributed by atoms with Gasteiger partial charge in [0.05, 0.1) is 6.20 Å². The van der Waals surface area contributed by atoms with Crippen molar-refractivity contribution in [2.75, 3.05) is 32.7 Å². The van der Waals surface area contributed by atoms with Crippen LogP contribution in [0.3, 0.4) is 0 Å². The molecule has 1 aromatic rings. The molecule has 1 aliphatic carbocycles. The molecule has 2 fully saturated rings. The van der Waals surface area contributed by atoms with Crippen molar-refractivity contribution >= 4 is 5.91 Å². The normalized spacial score (nSPS) is 22.2. The van der Waals surface area contributed by atoms with Gasteiger partial charge in [0.1, 0.15) is 0 Å². The van der Waals surface area contributed by atoms with Crippen molar-refractivity contribution in [3.8, 4) is 0 Å². The van der Waals surface area contributed by atoms with Crippen molar-refractivity contribution in [2.24, 2.45) is 5.92 Å². The number of nitrogens with one attached hydrogen (secondary N) is 1. The molecule has 2 heterocycles. The van der Waals surface area contributed by atoms with E-state index in [-0.39, 0.29) is 5.91 Å². The smallest absolute Gasteiger partial charge is 0.276 e. The highest BCUT2D eigenvalue weighted by Gasteiger charge is 2.23. The van der Waals surface area contributed by atoms with Gasteiger partial charge in [-0.05, 0) is 31.7 Å². The van der Waals surface area contributed by atoms with Gasteiger partial charge < -0.3 is 9.80 Å². The third-order valence-corrected chi connectivity index (χ3v) is 4.75. The average Bonchev–Trinajstić information content (AvgIpc) is 2.95. The van der Waals surface area contributed by atoms with Gasteiger partial charge >= 0.3 is 0 Å². The van der Waals surface area contributed by atoms with Crippen LogP contribution in [0.2, 0.25) is 0 Å². The average molecular weight is 291 g/mol. The fourth-order valence-electron chi connectivity index (χ4n) is 3.56. The van der Waals surface area contributed by atoms with Gasteiger partial charge in [0.15, 0.2) is 5.69 Å². The van der Waals surface area contributed by atoms with Gasteiger partial charge in [0.25, 0.3) is 5.91 Å². The van der Waals surface area contributed by atoms with Crippen molar-refractivity contribution in [1.29, 1.82) is 0 Å². The molecule has 6 heteroatoms. The molecule has 0 bridgehead atoms. The van der Waals surface area contributed by atoms with Crippen LogP contribution in [-0.4, -0.2) is 63.8 Å². The molecule has 0 radical (unpaired) electrons. The second-order valence-electron chi connectivity index (χ2n) is 6.31. The molecule has 1 saturated heterocycles. The summed E-state index contributed by atoms with van der Waals surface area (Å²) in [7, 11) is 0. The summed E-state index contributed by atoms with van der Waals surface area (Å²) in [6.45, 7) is 4.94. The summed E-state index contributed by atoms with van der Waals surface area (Å²) in [5.41, 5.74) is 0.427. The minimum absolute atomic E-state index is 0.00302. The number of aromatic nitrogens is 3. The molecule has 1 saturated carbocycles. The summed E-state index contributed by atoms with van der Waals surface area (Å²) >= 11 is 0. The van der Waals surface area contributed by atoms with E-state index in [9.17, 15) is 4.79 Å². The molecule has 2 aliphatic rings. The van der Waals surface area contributed by atoms with E-state index < -0.39 is 0 Å².